The first-order valence-corrected chi connectivity index (χ1v) is 9.20. The molecule has 132 valence electrons. The third-order valence-corrected chi connectivity index (χ3v) is 6.12. The maximum Gasteiger partial charge on any atom is 0.187 e. The Labute approximate surface area is 153 Å². The SMILES string of the molecule is COc1cc(/C=N\NC(=S)N[C@H]2C[C@@H]3C[C@@H]2[C@H]2C=CC[C@H]32)ccc1O. The van der Waals surface area contributed by atoms with E-state index < -0.39 is 0 Å². The molecular formula is C19H23N3O2S. The number of hydrogen-bond donors (Lipinski definition) is 3. The molecule has 0 amide bonds. The fourth-order valence-corrected chi connectivity index (χ4v) is 5.06. The number of nitrogens with one attached hydrogen (secondary N) is 2. The molecule has 1 aromatic carbocycles. The number of nitrogens with zero attached hydrogens (tertiary/aromatic N) is 1. The molecule has 1 aromatic rings. The van der Waals surface area contributed by atoms with Crippen LogP contribution < -0.4 is 15.5 Å². The molecule has 2 fully saturated rings. The zero-order chi connectivity index (χ0) is 17.4. The summed E-state index contributed by atoms with van der Waals surface area (Å²) in [6, 6.07) is 5.52. The van der Waals surface area contributed by atoms with E-state index in [4.69, 9.17) is 17.0 Å². The Morgan fingerprint density at radius 2 is 2.24 bits per heavy atom. The predicted octanol–water partition coefficient (Wildman–Crippen LogP) is 2.80. The maximum atomic E-state index is 9.60. The average Bonchev–Trinajstić information content (AvgIpc) is 3.29. The summed E-state index contributed by atoms with van der Waals surface area (Å²) < 4.78 is 5.09. The van der Waals surface area contributed by atoms with Crippen LogP contribution in [0.25, 0.3) is 0 Å². The third kappa shape index (κ3) is 3.11. The summed E-state index contributed by atoms with van der Waals surface area (Å²) in [5.41, 5.74) is 3.72. The molecule has 5 nitrogen and oxygen atoms in total. The Hall–Kier alpha value is -2.08. The van der Waals surface area contributed by atoms with Gasteiger partial charge in [-0.25, -0.2) is 0 Å². The van der Waals surface area contributed by atoms with E-state index in [-0.39, 0.29) is 5.75 Å². The van der Waals surface area contributed by atoms with Gasteiger partial charge in [-0.15, -0.1) is 0 Å². The smallest absolute Gasteiger partial charge is 0.187 e. The van der Waals surface area contributed by atoms with E-state index in [1.807, 2.05) is 0 Å². The topological polar surface area (TPSA) is 65.9 Å². The fraction of sp³-hybridized carbons (Fsp3) is 0.474. The lowest BCUT2D eigenvalue weighted by Crippen LogP contribution is -2.45. The molecule has 0 aliphatic heterocycles. The summed E-state index contributed by atoms with van der Waals surface area (Å²) in [6.07, 6.45) is 10.2. The molecule has 3 N–H and O–H groups in total. The molecule has 25 heavy (non-hydrogen) atoms. The number of hydrazone groups is 1. The van der Waals surface area contributed by atoms with Crippen LogP contribution in [0.5, 0.6) is 11.5 Å². The van der Waals surface area contributed by atoms with Crippen LogP contribution in [0.1, 0.15) is 24.8 Å². The number of benzene rings is 1. The summed E-state index contributed by atoms with van der Waals surface area (Å²) in [6.45, 7) is 0. The molecule has 0 aromatic heterocycles. The molecule has 6 heteroatoms. The lowest BCUT2D eigenvalue weighted by atomic mass is 9.79. The highest BCUT2D eigenvalue weighted by Crippen LogP contribution is 2.56. The van der Waals surface area contributed by atoms with Crippen LogP contribution in [-0.4, -0.2) is 29.6 Å². The molecule has 2 saturated carbocycles. The van der Waals surface area contributed by atoms with Gasteiger partial charge in [0.1, 0.15) is 0 Å². The van der Waals surface area contributed by atoms with Gasteiger partial charge >= 0.3 is 0 Å². The number of phenolic OH excluding ortho intramolecular Hbond substituents is 1. The Morgan fingerprint density at radius 3 is 3.08 bits per heavy atom. The van der Waals surface area contributed by atoms with Crippen molar-refractivity contribution in [2.24, 2.45) is 28.8 Å². The van der Waals surface area contributed by atoms with Crippen molar-refractivity contribution in [1.29, 1.82) is 0 Å². The minimum absolute atomic E-state index is 0.111. The van der Waals surface area contributed by atoms with Gasteiger partial charge in [0.2, 0.25) is 0 Å². The first-order valence-electron chi connectivity index (χ1n) is 8.79. The maximum absolute atomic E-state index is 9.60. The van der Waals surface area contributed by atoms with Gasteiger partial charge in [0, 0.05) is 6.04 Å². The molecule has 3 aliphatic carbocycles. The molecule has 0 heterocycles. The van der Waals surface area contributed by atoms with Crippen LogP contribution in [-0.2, 0) is 0 Å². The van der Waals surface area contributed by atoms with E-state index in [1.54, 1.807) is 24.4 Å². The minimum atomic E-state index is 0.111. The second-order valence-corrected chi connectivity index (χ2v) is 7.59. The molecule has 0 unspecified atom stereocenters. The third-order valence-electron chi connectivity index (χ3n) is 5.91. The second kappa shape index (κ2) is 6.67. The van der Waals surface area contributed by atoms with Crippen molar-refractivity contribution in [3.8, 4) is 11.5 Å². The molecule has 5 atom stereocenters. The number of phenols is 1. The monoisotopic (exact) mass is 357 g/mol. The molecular weight excluding hydrogens is 334 g/mol. The highest BCUT2D eigenvalue weighted by molar-refractivity contribution is 7.80. The van der Waals surface area contributed by atoms with Crippen LogP contribution in [0.3, 0.4) is 0 Å². The summed E-state index contributed by atoms with van der Waals surface area (Å²) >= 11 is 5.39. The number of aromatic hydroxyl groups is 1. The van der Waals surface area contributed by atoms with E-state index in [0.717, 1.165) is 23.3 Å². The van der Waals surface area contributed by atoms with Gasteiger partial charge in [0.15, 0.2) is 16.6 Å². The standard InChI is InChI=1S/C19H23N3O2S/c1-24-18-7-11(5-6-17(18)23)10-20-22-19(25)21-16-9-12-8-15(16)14-4-2-3-13(12)14/h2,4-7,10,12-16,23H,3,8-9H2,1H3,(H2,21,22,25)/b20-10-/t12-,13+,14-,15+,16-/m0/s1. The Bertz CT molecular complexity index is 733. The van der Waals surface area contributed by atoms with Crippen molar-refractivity contribution in [3.63, 3.8) is 0 Å². The van der Waals surface area contributed by atoms with Crippen LogP contribution >= 0.6 is 12.2 Å². The first kappa shape index (κ1) is 16.4. The summed E-state index contributed by atoms with van der Waals surface area (Å²) in [7, 11) is 1.52. The quantitative estimate of drug-likeness (QED) is 0.335. The number of ether oxygens (including phenoxy) is 1. The minimum Gasteiger partial charge on any atom is -0.504 e. The van der Waals surface area contributed by atoms with E-state index in [2.05, 4.69) is 28.0 Å². The van der Waals surface area contributed by atoms with Crippen molar-refractivity contribution in [2.75, 3.05) is 7.11 Å². The van der Waals surface area contributed by atoms with E-state index in [1.165, 1.54) is 26.4 Å². The zero-order valence-corrected chi connectivity index (χ0v) is 15.0. The van der Waals surface area contributed by atoms with Crippen molar-refractivity contribution in [1.82, 2.24) is 10.7 Å². The van der Waals surface area contributed by atoms with Crippen molar-refractivity contribution >= 4 is 23.5 Å². The van der Waals surface area contributed by atoms with Crippen molar-refractivity contribution in [2.45, 2.75) is 25.3 Å². The number of allylic oxidation sites excluding steroid dienone is 2. The number of hydrogen-bond acceptors (Lipinski definition) is 4. The lowest BCUT2D eigenvalue weighted by Gasteiger charge is -2.32. The highest BCUT2D eigenvalue weighted by Gasteiger charge is 2.52. The highest BCUT2D eigenvalue weighted by atomic mass is 32.1. The number of rotatable bonds is 4. The van der Waals surface area contributed by atoms with Gasteiger partial charge in [-0.3, -0.25) is 5.43 Å². The molecule has 0 spiro atoms. The lowest BCUT2D eigenvalue weighted by molar-refractivity contribution is 0.246. The Morgan fingerprint density at radius 1 is 1.36 bits per heavy atom. The molecule has 2 bridgehead atoms. The summed E-state index contributed by atoms with van der Waals surface area (Å²) in [4.78, 5) is 0. The van der Waals surface area contributed by atoms with Gasteiger partial charge in [0.25, 0.3) is 0 Å². The van der Waals surface area contributed by atoms with Gasteiger partial charge in [-0.05, 0) is 78.9 Å². The van der Waals surface area contributed by atoms with Crippen LogP contribution in [0.4, 0.5) is 0 Å². The number of thiocarbonyl (C=S) groups is 1. The van der Waals surface area contributed by atoms with Crippen molar-refractivity contribution in [3.05, 3.63) is 35.9 Å². The van der Waals surface area contributed by atoms with E-state index in [0.29, 0.717) is 22.8 Å². The van der Waals surface area contributed by atoms with Crippen molar-refractivity contribution < 1.29 is 9.84 Å². The summed E-state index contributed by atoms with van der Waals surface area (Å²) in [5.74, 6) is 3.71. The largest absolute Gasteiger partial charge is 0.504 e. The van der Waals surface area contributed by atoms with Gasteiger partial charge < -0.3 is 15.2 Å². The molecule has 0 radical (unpaired) electrons. The molecule has 0 saturated heterocycles. The predicted molar refractivity (Wildman–Crippen MR) is 102 cm³/mol. The number of methoxy groups -OCH3 is 1. The fourth-order valence-electron chi connectivity index (χ4n) is 4.85. The normalized spacial score (nSPS) is 32.1. The van der Waals surface area contributed by atoms with Crippen LogP contribution in [0.2, 0.25) is 0 Å². The Kier molecular flexibility index (Phi) is 4.37. The van der Waals surface area contributed by atoms with Gasteiger partial charge in [0.05, 0.1) is 13.3 Å². The van der Waals surface area contributed by atoms with E-state index >= 15 is 0 Å². The van der Waals surface area contributed by atoms with E-state index in [9.17, 15) is 5.11 Å². The van der Waals surface area contributed by atoms with Crippen LogP contribution in [0.15, 0.2) is 35.5 Å². The average molecular weight is 357 g/mol. The molecule has 4 rings (SSSR count). The second-order valence-electron chi connectivity index (χ2n) is 7.18. The van der Waals surface area contributed by atoms with Gasteiger partial charge in [-0.2, -0.15) is 5.10 Å². The summed E-state index contributed by atoms with van der Waals surface area (Å²) in [5, 5.41) is 17.8. The van der Waals surface area contributed by atoms with Gasteiger partial charge in [-0.1, -0.05) is 12.2 Å². The zero-order valence-electron chi connectivity index (χ0n) is 14.2. The Balaban J connectivity index is 1.30. The number of fused-ring (bicyclic) bond motifs is 5. The first-order chi connectivity index (χ1) is 12.2. The molecule has 3 aliphatic rings. The van der Waals surface area contributed by atoms with Crippen LogP contribution in [0, 0.1) is 23.7 Å².